The van der Waals surface area contributed by atoms with Gasteiger partial charge < -0.3 is 9.84 Å². The van der Waals surface area contributed by atoms with E-state index in [-0.39, 0.29) is 39.2 Å². The second-order valence-corrected chi connectivity index (χ2v) is 17.0. The van der Waals surface area contributed by atoms with Crippen molar-refractivity contribution in [3.63, 3.8) is 0 Å². The Labute approximate surface area is 256 Å². The Balaban J connectivity index is 1.28. The number of benzene rings is 1. The standard InChI is InChI=1S/C37H52F2O4/c1-21(2)25-10-15-37(32(41)42)17-16-35(6)26(30(25)37)8-9-28-34(5)13-12-29(33(3,4)27(34)11-14-36(28,35)7)43-31(40)22-18-23(38)20-24(39)19-22/h18-21,25-30H,8-17H2,1-7H3,(H,41,42)/t25-,26?,27?,28?,29-,30?,34-,35+,36+,37-/m0/s1. The fraction of sp³-hybridized carbons (Fsp3) is 0.784. The molecule has 5 saturated carbocycles. The van der Waals surface area contributed by atoms with E-state index in [1.165, 1.54) is 0 Å². The van der Waals surface area contributed by atoms with Crippen molar-refractivity contribution in [3.05, 3.63) is 35.4 Å². The summed E-state index contributed by atoms with van der Waals surface area (Å²) in [6.45, 7) is 16.6. The Kier molecular flexibility index (Phi) is 7.22. The molecule has 0 aromatic heterocycles. The summed E-state index contributed by atoms with van der Waals surface area (Å²) in [4.78, 5) is 26.0. The zero-order chi connectivity index (χ0) is 31.3. The lowest BCUT2D eigenvalue weighted by Gasteiger charge is -2.72. The topological polar surface area (TPSA) is 63.6 Å². The predicted octanol–water partition coefficient (Wildman–Crippen LogP) is 9.31. The van der Waals surface area contributed by atoms with Crippen molar-refractivity contribution in [2.24, 2.45) is 62.6 Å². The molecular formula is C37H52F2O4. The Morgan fingerprint density at radius 1 is 0.814 bits per heavy atom. The number of rotatable bonds is 4. The second-order valence-electron chi connectivity index (χ2n) is 17.0. The first-order valence-corrected chi connectivity index (χ1v) is 16.9. The second kappa shape index (κ2) is 10.0. The van der Waals surface area contributed by atoms with Crippen LogP contribution in [0.15, 0.2) is 18.2 Å². The van der Waals surface area contributed by atoms with Crippen molar-refractivity contribution < 1.29 is 28.2 Å². The van der Waals surface area contributed by atoms with Gasteiger partial charge in [-0.05, 0) is 128 Å². The summed E-state index contributed by atoms with van der Waals surface area (Å²) >= 11 is 0. The van der Waals surface area contributed by atoms with Crippen LogP contribution in [0.1, 0.15) is 123 Å². The van der Waals surface area contributed by atoms with Gasteiger partial charge in [0.05, 0.1) is 11.0 Å². The van der Waals surface area contributed by atoms with Gasteiger partial charge in [0.25, 0.3) is 0 Å². The SMILES string of the molecule is CC(C)[C@@H]1CC[C@]2(C(=O)O)CC[C@]3(C)C(CCC4[C@@]5(C)CC[C@H](OC(=O)c6cc(F)cc(F)c6)C(C)(C)C5CC[C@]43C)C12. The molecule has 238 valence electrons. The highest BCUT2D eigenvalue weighted by atomic mass is 19.1. The van der Waals surface area contributed by atoms with E-state index in [0.29, 0.717) is 29.6 Å². The van der Waals surface area contributed by atoms with Crippen LogP contribution >= 0.6 is 0 Å². The highest BCUT2D eigenvalue weighted by Gasteiger charge is 2.72. The maximum absolute atomic E-state index is 13.9. The van der Waals surface area contributed by atoms with E-state index in [4.69, 9.17) is 4.74 Å². The Hall–Kier alpha value is -1.98. The normalized spacial score (nSPS) is 45.0. The fourth-order valence-electron chi connectivity index (χ4n) is 12.8. The molecule has 5 aliphatic carbocycles. The zero-order valence-corrected chi connectivity index (χ0v) is 27.3. The summed E-state index contributed by atoms with van der Waals surface area (Å²) in [5.74, 6) is -0.238. The number of carboxylic acids is 1. The van der Waals surface area contributed by atoms with E-state index < -0.39 is 29.0 Å². The first-order valence-electron chi connectivity index (χ1n) is 16.9. The fourth-order valence-corrected chi connectivity index (χ4v) is 12.8. The molecule has 0 bridgehead atoms. The number of esters is 1. The molecule has 0 radical (unpaired) electrons. The average Bonchev–Trinajstić information content (AvgIpc) is 3.32. The molecule has 0 amide bonds. The molecule has 1 aromatic rings. The minimum atomic E-state index is -0.779. The van der Waals surface area contributed by atoms with Crippen LogP contribution in [0.3, 0.4) is 0 Å². The third-order valence-electron chi connectivity index (χ3n) is 15.1. The Morgan fingerprint density at radius 2 is 1.49 bits per heavy atom. The van der Waals surface area contributed by atoms with Crippen molar-refractivity contribution >= 4 is 11.9 Å². The quantitative estimate of drug-likeness (QED) is 0.351. The Morgan fingerprint density at radius 3 is 2.12 bits per heavy atom. The van der Waals surface area contributed by atoms with Gasteiger partial charge in [0.15, 0.2) is 0 Å². The minimum Gasteiger partial charge on any atom is -0.481 e. The van der Waals surface area contributed by atoms with Crippen LogP contribution in [0.5, 0.6) is 0 Å². The van der Waals surface area contributed by atoms with E-state index in [9.17, 15) is 23.5 Å². The molecular weight excluding hydrogens is 546 g/mol. The maximum Gasteiger partial charge on any atom is 0.338 e. The monoisotopic (exact) mass is 598 g/mol. The lowest BCUT2D eigenvalue weighted by atomic mass is 9.32. The van der Waals surface area contributed by atoms with Gasteiger partial charge in [-0.2, -0.15) is 0 Å². The number of halogens is 2. The molecule has 0 spiro atoms. The molecule has 0 saturated heterocycles. The van der Waals surface area contributed by atoms with Gasteiger partial charge in [0, 0.05) is 11.5 Å². The van der Waals surface area contributed by atoms with Gasteiger partial charge in [0.2, 0.25) is 0 Å². The lowest BCUT2D eigenvalue weighted by molar-refractivity contribution is -0.249. The summed E-state index contributed by atoms with van der Waals surface area (Å²) in [6, 6.07) is 2.87. The minimum absolute atomic E-state index is 0.0762. The van der Waals surface area contributed by atoms with Crippen molar-refractivity contribution in [2.75, 3.05) is 0 Å². The van der Waals surface area contributed by atoms with Crippen LogP contribution < -0.4 is 0 Å². The van der Waals surface area contributed by atoms with Crippen LogP contribution in [0, 0.1) is 74.2 Å². The highest BCUT2D eigenvalue weighted by molar-refractivity contribution is 5.89. The van der Waals surface area contributed by atoms with Crippen molar-refractivity contribution in [2.45, 2.75) is 119 Å². The van der Waals surface area contributed by atoms with Crippen LogP contribution in [0.2, 0.25) is 0 Å². The predicted molar refractivity (Wildman–Crippen MR) is 162 cm³/mol. The molecule has 0 aliphatic heterocycles. The van der Waals surface area contributed by atoms with Gasteiger partial charge in [0.1, 0.15) is 17.7 Å². The molecule has 1 aromatic carbocycles. The van der Waals surface area contributed by atoms with Crippen LogP contribution in [0.25, 0.3) is 0 Å². The molecule has 0 heterocycles. The van der Waals surface area contributed by atoms with Gasteiger partial charge >= 0.3 is 11.9 Å². The molecule has 6 heteroatoms. The van der Waals surface area contributed by atoms with E-state index in [1.54, 1.807) is 0 Å². The number of hydrogen-bond donors (Lipinski definition) is 1. The third-order valence-corrected chi connectivity index (χ3v) is 15.1. The summed E-state index contributed by atoms with van der Waals surface area (Å²) in [5.41, 5.74) is -0.628. The molecule has 4 nitrogen and oxygen atoms in total. The molecule has 6 rings (SSSR count). The van der Waals surface area contributed by atoms with Gasteiger partial charge in [-0.25, -0.2) is 13.6 Å². The molecule has 5 aliphatic rings. The van der Waals surface area contributed by atoms with Crippen LogP contribution in [0.4, 0.5) is 8.78 Å². The van der Waals surface area contributed by atoms with Gasteiger partial charge in [-0.1, -0.05) is 48.5 Å². The third kappa shape index (κ3) is 4.22. The molecule has 4 unspecified atom stereocenters. The number of carboxylic acid groups (broad SMARTS) is 1. The van der Waals surface area contributed by atoms with Crippen molar-refractivity contribution in [3.8, 4) is 0 Å². The van der Waals surface area contributed by atoms with E-state index in [1.807, 2.05) is 0 Å². The highest BCUT2D eigenvalue weighted by Crippen LogP contribution is 2.77. The number of ether oxygens (including phenoxy) is 1. The maximum atomic E-state index is 13.9. The van der Waals surface area contributed by atoms with E-state index in [0.717, 1.165) is 82.4 Å². The van der Waals surface area contributed by atoms with Gasteiger partial charge in [-0.3, -0.25) is 4.79 Å². The summed E-state index contributed by atoms with van der Waals surface area (Å²) in [5, 5.41) is 10.6. The van der Waals surface area contributed by atoms with Crippen molar-refractivity contribution in [1.82, 2.24) is 0 Å². The summed E-state index contributed by atoms with van der Waals surface area (Å²) in [7, 11) is 0. The molecule has 1 N–H and O–H groups in total. The summed E-state index contributed by atoms with van der Waals surface area (Å²) in [6.07, 6.45) is 9.41. The molecule has 5 fully saturated rings. The average molecular weight is 599 g/mol. The van der Waals surface area contributed by atoms with Gasteiger partial charge in [-0.15, -0.1) is 0 Å². The number of hydrogen-bond acceptors (Lipinski definition) is 3. The largest absolute Gasteiger partial charge is 0.481 e. The van der Waals surface area contributed by atoms with E-state index in [2.05, 4.69) is 48.5 Å². The number of fused-ring (bicyclic) bond motifs is 7. The smallest absolute Gasteiger partial charge is 0.338 e. The Bertz CT molecular complexity index is 1290. The zero-order valence-electron chi connectivity index (χ0n) is 27.3. The first kappa shape index (κ1) is 31.0. The number of aliphatic carboxylic acids is 1. The number of carbonyl (C=O) groups excluding carboxylic acids is 1. The molecule has 10 atom stereocenters. The summed E-state index contributed by atoms with van der Waals surface area (Å²) < 4.78 is 33.8. The van der Waals surface area contributed by atoms with Crippen LogP contribution in [-0.4, -0.2) is 23.1 Å². The first-order chi connectivity index (χ1) is 20.0. The lowest BCUT2D eigenvalue weighted by Crippen LogP contribution is -2.67. The molecule has 43 heavy (non-hydrogen) atoms. The van der Waals surface area contributed by atoms with E-state index >= 15 is 0 Å². The van der Waals surface area contributed by atoms with Crippen molar-refractivity contribution in [1.29, 1.82) is 0 Å². The van der Waals surface area contributed by atoms with Crippen LogP contribution in [-0.2, 0) is 9.53 Å². The number of carbonyl (C=O) groups is 2.